The highest BCUT2D eigenvalue weighted by molar-refractivity contribution is 8.00. The molecule has 1 saturated heterocycles. The van der Waals surface area contributed by atoms with Crippen LogP contribution in [0.2, 0.25) is 0 Å². The maximum Gasteiger partial charge on any atom is 0.490 e. The molecule has 0 bridgehead atoms. The smallest absolute Gasteiger partial charge is 0.477 e. The highest BCUT2D eigenvalue weighted by Crippen LogP contribution is 2.41. The van der Waals surface area contributed by atoms with Crippen LogP contribution in [0.25, 0.3) is 10.8 Å². The number of nitrogens with zero attached hydrogens (tertiary/aromatic N) is 1. The van der Waals surface area contributed by atoms with Gasteiger partial charge in [0.1, 0.15) is 17.1 Å². The molecule has 2 amide bonds. The van der Waals surface area contributed by atoms with E-state index in [4.69, 9.17) is 21.5 Å². The molecular formula is C21H17ClF3N3O6S. The lowest BCUT2D eigenvalue weighted by Gasteiger charge is -2.48. The van der Waals surface area contributed by atoms with Crippen molar-refractivity contribution in [1.29, 1.82) is 0 Å². The molecule has 2 aromatic rings. The summed E-state index contributed by atoms with van der Waals surface area (Å²) in [5, 5.41) is 23.9. The van der Waals surface area contributed by atoms with Crippen LogP contribution in [0.4, 0.5) is 18.9 Å². The maximum atomic E-state index is 12.3. The number of hydrogen-bond donors (Lipinski definition) is 4. The van der Waals surface area contributed by atoms with E-state index in [1.165, 1.54) is 11.8 Å². The predicted octanol–water partition coefficient (Wildman–Crippen LogP) is 2.82. The van der Waals surface area contributed by atoms with Crippen LogP contribution in [0.5, 0.6) is 0 Å². The van der Waals surface area contributed by atoms with Crippen molar-refractivity contribution in [1.82, 2.24) is 10.2 Å². The quantitative estimate of drug-likeness (QED) is 0.432. The van der Waals surface area contributed by atoms with Gasteiger partial charge in [0, 0.05) is 11.4 Å². The number of β-lactam (4-membered cyclic amide) rings is 1. The summed E-state index contributed by atoms with van der Waals surface area (Å²) in [6.45, 7) is 0.00188. The Morgan fingerprint density at radius 3 is 2.34 bits per heavy atom. The Morgan fingerprint density at radius 2 is 1.74 bits per heavy atom. The number of hydrogen-bond acceptors (Lipinski definition) is 6. The highest BCUT2D eigenvalue weighted by Gasteiger charge is 2.54. The molecule has 14 heteroatoms. The SMILES string of the molecule is O=C(CNc1ccc2ccccc2c1)NC1C(=O)N2C(C(=O)O)=C(Cl)CS[C@@H]12.O=C(O)C(F)(F)F. The van der Waals surface area contributed by atoms with Gasteiger partial charge in [-0.3, -0.25) is 14.5 Å². The van der Waals surface area contributed by atoms with Crippen molar-refractivity contribution in [3.63, 3.8) is 0 Å². The summed E-state index contributed by atoms with van der Waals surface area (Å²) < 4.78 is 31.7. The predicted molar refractivity (Wildman–Crippen MR) is 122 cm³/mol. The van der Waals surface area contributed by atoms with E-state index in [0.29, 0.717) is 5.75 Å². The first kappa shape index (κ1) is 26.2. The fraction of sp³-hybridized carbons (Fsp3) is 0.238. The van der Waals surface area contributed by atoms with Crippen LogP contribution >= 0.6 is 23.4 Å². The minimum Gasteiger partial charge on any atom is -0.477 e. The standard InChI is InChI=1S/C19H16ClN3O4S.C2HF3O2/c20-13-9-28-18-15(17(25)23(18)16(13)19(26)27)22-14(24)8-21-12-6-5-10-3-1-2-4-11(10)7-12;3-2(4,5)1(6)7/h1-7,15,18,21H,8-9H2,(H,22,24)(H,26,27);(H,6,7)/t15?,18-;/m0./s1. The van der Waals surface area contributed by atoms with Crippen LogP contribution in [0, 0.1) is 0 Å². The van der Waals surface area contributed by atoms with E-state index in [2.05, 4.69) is 10.6 Å². The van der Waals surface area contributed by atoms with Gasteiger partial charge in [-0.05, 0) is 22.9 Å². The number of carboxylic acids is 2. The van der Waals surface area contributed by atoms with Gasteiger partial charge < -0.3 is 20.8 Å². The second-order valence-corrected chi connectivity index (χ2v) is 8.79. The third-order valence-electron chi connectivity index (χ3n) is 4.89. The van der Waals surface area contributed by atoms with E-state index < -0.39 is 35.4 Å². The topological polar surface area (TPSA) is 136 Å². The summed E-state index contributed by atoms with van der Waals surface area (Å²) in [5.41, 5.74) is 0.598. The van der Waals surface area contributed by atoms with Gasteiger partial charge in [-0.2, -0.15) is 13.2 Å². The summed E-state index contributed by atoms with van der Waals surface area (Å²) in [6, 6.07) is 12.9. The number of anilines is 1. The van der Waals surface area contributed by atoms with E-state index in [1.54, 1.807) is 0 Å². The molecule has 35 heavy (non-hydrogen) atoms. The first-order valence-corrected chi connectivity index (χ1v) is 11.2. The van der Waals surface area contributed by atoms with E-state index in [-0.39, 0.29) is 23.2 Å². The van der Waals surface area contributed by atoms with Crippen molar-refractivity contribution in [3.8, 4) is 0 Å². The first-order chi connectivity index (χ1) is 16.4. The van der Waals surface area contributed by atoms with Gasteiger partial charge in [0.25, 0.3) is 5.91 Å². The zero-order valence-electron chi connectivity index (χ0n) is 17.5. The molecule has 2 heterocycles. The molecule has 2 aliphatic rings. The number of carbonyl (C=O) groups is 4. The van der Waals surface area contributed by atoms with Gasteiger partial charge in [-0.1, -0.05) is 41.9 Å². The Labute approximate surface area is 204 Å². The van der Waals surface area contributed by atoms with Crippen LogP contribution in [0.1, 0.15) is 0 Å². The third-order valence-corrected chi connectivity index (χ3v) is 6.64. The fourth-order valence-corrected chi connectivity index (χ4v) is 4.84. The van der Waals surface area contributed by atoms with Gasteiger partial charge in [-0.25, -0.2) is 9.59 Å². The number of amides is 2. The van der Waals surface area contributed by atoms with Crippen LogP contribution in [-0.4, -0.2) is 68.8 Å². The molecule has 0 saturated carbocycles. The summed E-state index contributed by atoms with van der Waals surface area (Å²) in [7, 11) is 0. The highest BCUT2D eigenvalue weighted by atomic mass is 35.5. The number of aliphatic carboxylic acids is 2. The molecule has 0 aliphatic carbocycles. The molecule has 4 rings (SSSR count). The van der Waals surface area contributed by atoms with Gasteiger partial charge in [0.2, 0.25) is 5.91 Å². The molecule has 2 atom stereocenters. The second-order valence-electron chi connectivity index (χ2n) is 7.23. The van der Waals surface area contributed by atoms with Crippen molar-refractivity contribution in [2.75, 3.05) is 17.6 Å². The minimum absolute atomic E-state index is 0.00188. The Balaban J connectivity index is 0.000000429. The zero-order valence-corrected chi connectivity index (χ0v) is 19.1. The summed E-state index contributed by atoms with van der Waals surface area (Å²) in [6.07, 6.45) is -5.08. The Morgan fingerprint density at radius 1 is 1.11 bits per heavy atom. The normalized spacial score (nSPS) is 19.2. The molecule has 9 nitrogen and oxygen atoms in total. The minimum atomic E-state index is -5.08. The Hall–Kier alpha value is -3.45. The lowest BCUT2D eigenvalue weighted by Crippen LogP contribution is -2.70. The third kappa shape index (κ3) is 5.98. The molecule has 0 spiro atoms. The van der Waals surface area contributed by atoms with Crippen LogP contribution in [-0.2, 0) is 19.2 Å². The van der Waals surface area contributed by atoms with Crippen molar-refractivity contribution >= 4 is 63.6 Å². The first-order valence-electron chi connectivity index (χ1n) is 9.79. The van der Waals surface area contributed by atoms with E-state index in [9.17, 15) is 32.7 Å². The van der Waals surface area contributed by atoms with Crippen LogP contribution in [0.3, 0.4) is 0 Å². The van der Waals surface area contributed by atoms with Crippen molar-refractivity contribution in [3.05, 3.63) is 53.2 Å². The average molecular weight is 532 g/mol. The maximum absolute atomic E-state index is 12.3. The molecule has 2 aromatic carbocycles. The number of carboxylic acid groups (broad SMARTS) is 2. The number of alkyl halides is 3. The van der Waals surface area contributed by atoms with Crippen LogP contribution in [0.15, 0.2) is 53.2 Å². The van der Waals surface area contributed by atoms with E-state index in [1.807, 2.05) is 42.5 Å². The lowest BCUT2D eigenvalue weighted by atomic mass is 10.1. The second kappa shape index (κ2) is 10.4. The number of thioether (sulfide) groups is 1. The zero-order chi connectivity index (χ0) is 25.9. The van der Waals surface area contributed by atoms with Gasteiger partial charge in [-0.15, -0.1) is 11.8 Å². The van der Waals surface area contributed by atoms with E-state index in [0.717, 1.165) is 21.4 Å². The number of rotatable bonds is 5. The monoisotopic (exact) mass is 531 g/mol. The molecule has 2 aliphatic heterocycles. The lowest BCUT2D eigenvalue weighted by molar-refractivity contribution is -0.192. The number of halogens is 4. The summed E-state index contributed by atoms with van der Waals surface area (Å²) in [5.74, 6) is -4.52. The molecule has 0 radical (unpaired) electrons. The number of benzene rings is 2. The molecule has 1 unspecified atom stereocenters. The largest absolute Gasteiger partial charge is 0.490 e. The average Bonchev–Trinajstić information content (AvgIpc) is 2.80. The fourth-order valence-electron chi connectivity index (χ4n) is 3.29. The molecule has 1 fully saturated rings. The molecule has 0 aromatic heterocycles. The van der Waals surface area contributed by atoms with Crippen molar-refractivity contribution in [2.24, 2.45) is 0 Å². The number of fused-ring (bicyclic) bond motifs is 2. The number of nitrogens with one attached hydrogen (secondary N) is 2. The van der Waals surface area contributed by atoms with Crippen molar-refractivity contribution < 1.29 is 42.6 Å². The van der Waals surface area contributed by atoms with Gasteiger partial charge in [0.15, 0.2) is 0 Å². The molecular weight excluding hydrogens is 515 g/mol. The summed E-state index contributed by atoms with van der Waals surface area (Å²) >= 11 is 7.26. The van der Waals surface area contributed by atoms with Crippen molar-refractivity contribution in [2.45, 2.75) is 17.6 Å². The molecule has 4 N–H and O–H groups in total. The van der Waals surface area contributed by atoms with E-state index >= 15 is 0 Å². The number of carbonyl (C=O) groups excluding carboxylic acids is 2. The Kier molecular flexibility index (Phi) is 7.80. The van der Waals surface area contributed by atoms with Crippen LogP contribution < -0.4 is 10.6 Å². The Bertz CT molecular complexity index is 1220. The molecule has 186 valence electrons. The van der Waals surface area contributed by atoms with Gasteiger partial charge in [0.05, 0.1) is 11.6 Å². The summed E-state index contributed by atoms with van der Waals surface area (Å²) in [4.78, 5) is 46.0. The van der Waals surface area contributed by atoms with Gasteiger partial charge >= 0.3 is 18.1 Å².